The van der Waals surface area contributed by atoms with Crippen LogP contribution in [0.5, 0.6) is 0 Å². The van der Waals surface area contributed by atoms with Gasteiger partial charge in [0.15, 0.2) is 0 Å². The Morgan fingerprint density at radius 1 is 0.900 bits per heavy atom. The molecule has 0 spiro atoms. The first-order chi connectivity index (χ1) is 9.51. The zero-order chi connectivity index (χ0) is 14.6. The molecular formula is C18H22BrN. The van der Waals surface area contributed by atoms with Gasteiger partial charge in [-0.25, -0.2) is 0 Å². The van der Waals surface area contributed by atoms with Gasteiger partial charge < -0.3 is 5.32 Å². The lowest BCUT2D eigenvalue weighted by molar-refractivity contribution is 0.401. The van der Waals surface area contributed by atoms with E-state index in [0.717, 1.165) is 17.4 Å². The third kappa shape index (κ3) is 3.94. The molecule has 0 saturated carbocycles. The lowest BCUT2D eigenvalue weighted by Crippen LogP contribution is -2.35. The number of benzene rings is 2. The molecule has 0 aromatic heterocycles. The predicted molar refractivity (Wildman–Crippen MR) is 89.8 cm³/mol. The van der Waals surface area contributed by atoms with E-state index in [1.54, 1.807) is 0 Å². The average molecular weight is 332 g/mol. The summed E-state index contributed by atoms with van der Waals surface area (Å²) < 4.78 is 1.12. The van der Waals surface area contributed by atoms with Gasteiger partial charge in [-0.1, -0.05) is 59.3 Å². The molecule has 1 N–H and O–H groups in total. The first-order valence-electron chi connectivity index (χ1n) is 7.10. The van der Waals surface area contributed by atoms with E-state index in [1.165, 1.54) is 16.7 Å². The van der Waals surface area contributed by atoms with Crippen LogP contribution in [0.15, 0.2) is 53.0 Å². The molecule has 2 heteroatoms. The maximum Gasteiger partial charge on any atom is 0.0380 e. The Kier molecular flexibility index (Phi) is 5.00. The van der Waals surface area contributed by atoms with Gasteiger partial charge in [-0.05, 0) is 49.1 Å². The van der Waals surface area contributed by atoms with Crippen LogP contribution in [0, 0.1) is 0 Å². The molecule has 0 bridgehead atoms. The molecule has 1 nitrogen and oxygen atoms in total. The molecule has 20 heavy (non-hydrogen) atoms. The fraction of sp³-hybridized carbons (Fsp3) is 0.333. The fourth-order valence-corrected chi connectivity index (χ4v) is 2.45. The summed E-state index contributed by atoms with van der Waals surface area (Å²) in [6.45, 7) is 7.50. The second-order valence-electron chi connectivity index (χ2n) is 5.66. The van der Waals surface area contributed by atoms with Crippen molar-refractivity contribution >= 4 is 15.9 Å². The molecule has 2 rings (SSSR count). The first-order valence-corrected chi connectivity index (χ1v) is 7.89. The van der Waals surface area contributed by atoms with Crippen LogP contribution >= 0.6 is 15.9 Å². The minimum Gasteiger partial charge on any atom is -0.304 e. The molecule has 0 saturated heterocycles. The van der Waals surface area contributed by atoms with Crippen LogP contribution in [-0.2, 0) is 18.5 Å². The number of halogens is 1. The Hall–Kier alpha value is -1.12. The molecule has 0 aliphatic heterocycles. The smallest absolute Gasteiger partial charge is 0.0380 e. The molecular weight excluding hydrogens is 310 g/mol. The van der Waals surface area contributed by atoms with E-state index in [4.69, 9.17) is 0 Å². The van der Waals surface area contributed by atoms with E-state index < -0.39 is 0 Å². The monoisotopic (exact) mass is 331 g/mol. The van der Waals surface area contributed by atoms with Gasteiger partial charge in [-0.3, -0.25) is 0 Å². The number of hydrogen-bond donors (Lipinski definition) is 1. The molecule has 0 amide bonds. The van der Waals surface area contributed by atoms with E-state index in [-0.39, 0.29) is 5.54 Å². The molecule has 2 aromatic rings. The summed E-state index contributed by atoms with van der Waals surface area (Å²) in [7, 11) is 0. The summed E-state index contributed by atoms with van der Waals surface area (Å²) in [4.78, 5) is 0. The van der Waals surface area contributed by atoms with Crippen LogP contribution in [-0.4, -0.2) is 0 Å². The Bertz CT molecular complexity index is 541. The van der Waals surface area contributed by atoms with Crippen molar-refractivity contribution in [2.75, 3.05) is 0 Å². The normalized spacial score (nSPS) is 11.6. The van der Waals surface area contributed by atoms with Gasteiger partial charge in [-0.15, -0.1) is 0 Å². The predicted octanol–water partition coefficient (Wildman–Crippen LogP) is 5.04. The highest BCUT2D eigenvalue weighted by molar-refractivity contribution is 9.10. The summed E-state index contributed by atoms with van der Waals surface area (Å²) in [5, 5.41) is 3.63. The van der Waals surface area contributed by atoms with E-state index in [0.29, 0.717) is 0 Å². The number of aryl methyl sites for hydroxylation is 1. The maximum absolute atomic E-state index is 3.63. The standard InChI is InChI=1S/C18H22BrN/c1-4-14-5-7-15(8-6-14)13-20-18(2,3)16-9-11-17(19)12-10-16/h5-12,20H,4,13H2,1-3H3. The zero-order valence-electron chi connectivity index (χ0n) is 12.4. The van der Waals surface area contributed by atoms with Gasteiger partial charge >= 0.3 is 0 Å². The van der Waals surface area contributed by atoms with Crippen molar-refractivity contribution in [2.45, 2.75) is 39.3 Å². The summed E-state index contributed by atoms with van der Waals surface area (Å²) >= 11 is 3.48. The minimum atomic E-state index is -0.0376. The Morgan fingerprint density at radius 2 is 1.45 bits per heavy atom. The van der Waals surface area contributed by atoms with E-state index in [1.807, 2.05) is 0 Å². The molecule has 0 aliphatic carbocycles. The summed E-state index contributed by atoms with van der Waals surface area (Å²) in [6, 6.07) is 17.4. The number of nitrogens with one attached hydrogen (secondary N) is 1. The zero-order valence-corrected chi connectivity index (χ0v) is 14.0. The van der Waals surface area contributed by atoms with Crippen LogP contribution in [0.2, 0.25) is 0 Å². The van der Waals surface area contributed by atoms with E-state index >= 15 is 0 Å². The third-order valence-corrected chi connectivity index (χ3v) is 4.26. The van der Waals surface area contributed by atoms with Crippen molar-refractivity contribution in [1.82, 2.24) is 5.32 Å². The third-order valence-electron chi connectivity index (χ3n) is 3.73. The second-order valence-corrected chi connectivity index (χ2v) is 6.57. The minimum absolute atomic E-state index is 0.0376. The van der Waals surface area contributed by atoms with Crippen molar-refractivity contribution < 1.29 is 0 Å². The number of rotatable bonds is 5. The highest BCUT2D eigenvalue weighted by Gasteiger charge is 2.19. The molecule has 0 aliphatic rings. The molecule has 106 valence electrons. The molecule has 0 heterocycles. The Labute approximate surface area is 130 Å². The van der Waals surface area contributed by atoms with Crippen LogP contribution < -0.4 is 5.32 Å². The highest BCUT2D eigenvalue weighted by Crippen LogP contribution is 2.22. The quantitative estimate of drug-likeness (QED) is 0.809. The van der Waals surface area contributed by atoms with Crippen molar-refractivity contribution in [1.29, 1.82) is 0 Å². The van der Waals surface area contributed by atoms with Crippen LogP contribution in [0.25, 0.3) is 0 Å². The second kappa shape index (κ2) is 6.55. The van der Waals surface area contributed by atoms with E-state index in [9.17, 15) is 0 Å². The van der Waals surface area contributed by atoms with Crippen molar-refractivity contribution in [3.63, 3.8) is 0 Å². The lowest BCUT2D eigenvalue weighted by atomic mass is 9.94. The highest BCUT2D eigenvalue weighted by atomic mass is 79.9. The van der Waals surface area contributed by atoms with Gasteiger partial charge in [0, 0.05) is 16.6 Å². The fourth-order valence-electron chi connectivity index (χ4n) is 2.18. The summed E-state index contributed by atoms with van der Waals surface area (Å²) in [5.74, 6) is 0. The van der Waals surface area contributed by atoms with Crippen molar-refractivity contribution in [3.05, 3.63) is 69.7 Å². The van der Waals surface area contributed by atoms with Crippen molar-refractivity contribution in [2.24, 2.45) is 0 Å². The Morgan fingerprint density at radius 3 is 2.00 bits per heavy atom. The molecule has 0 unspecified atom stereocenters. The van der Waals surface area contributed by atoms with Gasteiger partial charge in [0.2, 0.25) is 0 Å². The van der Waals surface area contributed by atoms with Crippen LogP contribution in [0.4, 0.5) is 0 Å². The SMILES string of the molecule is CCc1ccc(CNC(C)(C)c2ccc(Br)cc2)cc1. The topological polar surface area (TPSA) is 12.0 Å². The molecule has 2 aromatic carbocycles. The van der Waals surface area contributed by atoms with Crippen LogP contribution in [0.3, 0.4) is 0 Å². The summed E-state index contributed by atoms with van der Waals surface area (Å²) in [5.41, 5.74) is 3.98. The van der Waals surface area contributed by atoms with Crippen LogP contribution in [0.1, 0.15) is 37.5 Å². The molecule has 0 atom stereocenters. The van der Waals surface area contributed by atoms with Gasteiger partial charge in [0.05, 0.1) is 0 Å². The van der Waals surface area contributed by atoms with Crippen molar-refractivity contribution in [3.8, 4) is 0 Å². The first kappa shape index (κ1) is 15.3. The van der Waals surface area contributed by atoms with Gasteiger partial charge in [-0.2, -0.15) is 0 Å². The van der Waals surface area contributed by atoms with Gasteiger partial charge in [0.25, 0.3) is 0 Å². The maximum atomic E-state index is 3.63. The van der Waals surface area contributed by atoms with E-state index in [2.05, 4.69) is 90.5 Å². The Balaban J connectivity index is 2.02. The number of hydrogen-bond acceptors (Lipinski definition) is 1. The summed E-state index contributed by atoms with van der Waals surface area (Å²) in [6.07, 6.45) is 1.10. The molecule has 0 radical (unpaired) electrons. The largest absolute Gasteiger partial charge is 0.304 e. The molecule has 0 fully saturated rings. The lowest BCUT2D eigenvalue weighted by Gasteiger charge is -2.27. The average Bonchev–Trinajstić information content (AvgIpc) is 2.46. The van der Waals surface area contributed by atoms with Gasteiger partial charge in [0.1, 0.15) is 0 Å².